The third-order valence-electron chi connectivity index (χ3n) is 3.62. The Bertz CT molecular complexity index is 581. The highest BCUT2D eigenvalue weighted by molar-refractivity contribution is 5.48. The van der Waals surface area contributed by atoms with E-state index in [2.05, 4.69) is 69.4 Å². The minimum Gasteiger partial charge on any atom is -0.494 e. The molecule has 118 valence electrons. The molecule has 2 rings (SSSR count). The van der Waals surface area contributed by atoms with E-state index in [1.165, 1.54) is 11.1 Å². The molecule has 0 atom stereocenters. The summed E-state index contributed by atoms with van der Waals surface area (Å²) in [5.74, 6) is 0.926. The molecule has 0 amide bonds. The fraction of sp³-hybridized carbons (Fsp3) is 0.400. The number of benzene rings is 2. The number of hydrogen-bond acceptors (Lipinski definition) is 2. The van der Waals surface area contributed by atoms with Crippen LogP contribution in [0.4, 0.5) is 5.69 Å². The molecule has 0 spiro atoms. The Morgan fingerprint density at radius 3 is 2.36 bits per heavy atom. The highest BCUT2D eigenvalue weighted by atomic mass is 16.5. The van der Waals surface area contributed by atoms with E-state index in [1.54, 1.807) is 0 Å². The zero-order valence-corrected chi connectivity index (χ0v) is 14.1. The van der Waals surface area contributed by atoms with Crippen LogP contribution in [-0.4, -0.2) is 6.61 Å². The van der Waals surface area contributed by atoms with Gasteiger partial charge in [-0.25, -0.2) is 0 Å². The number of hydrogen-bond donors (Lipinski definition) is 1. The molecule has 0 aliphatic heterocycles. The SMILES string of the molecule is CCCOc1cccc(NCc2ccc(C(C)(C)C)cc2)c1. The van der Waals surface area contributed by atoms with Gasteiger partial charge in [0.2, 0.25) is 0 Å². The van der Waals surface area contributed by atoms with Crippen molar-refractivity contribution in [3.8, 4) is 5.75 Å². The van der Waals surface area contributed by atoms with E-state index < -0.39 is 0 Å². The second-order valence-corrected chi connectivity index (χ2v) is 6.68. The van der Waals surface area contributed by atoms with Crippen molar-refractivity contribution in [2.24, 2.45) is 0 Å². The van der Waals surface area contributed by atoms with Crippen LogP contribution in [0, 0.1) is 0 Å². The van der Waals surface area contributed by atoms with Crippen molar-refractivity contribution in [1.29, 1.82) is 0 Å². The summed E-state index contributed by atoms with van der Waals surface area (Å²) in [7, 11) is 0. The second-order valence-electron chi connectivity index (χ2n) is 6.68. The molecule has 2 aromatic rings. The predicted octanol–water partition coefficient (Wildman–Crippen LogP) is 5.39. The third kappa shape index (κ3) is 4.80. The molecule has 22 heavy (non-hydrogen) atoms. The Hall–Kier alpha value is -1.96. The van der Waals surface area contributed by atoms with Crippen molar-refractivity contribution in [2.45, 2.75) is 46.1 Å². The van der Waals surface area contributed by atoms with Gasteiger partial charge in [0, 0.05) is 18.3 Å². The molecule has 2 heteroatoms. The van der Waals surface area contributed by atoms with Gasteiger partial charge in [0.05, 0.1) is 6.61 Å². The van der Waals surface area contributed by atoms with E-state index in [9.17, 15) is 0 Å². The quantitative estimate of drug-likeness (QED) is 0.772. The van der Waals surface area contributed by atoms with E-state index in [0.717, 1.165) is 31.0 Å². The van der Waals surface area contributed by atoms with Crippen LogP contribution in [0.15, 0.2) is 48.5 Å². The van der Waals surface area contributed by atoms with E-state index >= 15 is 0 Å². The first-order chi connectivity index (χ1) is 10.5. The lowest BCUT2D eigenvalue weighted by molar-refractivity contribution is 0.317. The van der Waals surface area contributed by atoms with Crippen LogP contribution in [0.25, 0.3) is 0 Å². The van der Waals surface area contributed by atoms with Gasteiger partial charge in [0.25, 0.3) is 0 Å². The van der Waals surface area contributed by atoms with Crippen LogP contribution >= 0.6 is 0 Å². The van der Waals surface area contributed by atoms with Gasteiger partial charge in [-0.1, -0.05) is 58.0 Å². The number of ether oxygens (including phenoxy) is 1. The van der Waals surface area contributed by atoms with Crippen LogP contribution in [0.3, 0.4) is 0 Å². The van der Waals surface area contributed by atoms with Crippen LogP contribution in [-0.2, 0) is 12.0 Å². The summed E-state index contributed by atoms with van der Waals surface area (Å²) < 4.78 is 5.66. The van der Waals surface area contributed by atoms with Crippen LogP contribution in [0.2, 0.25) is 0 Å². The highest BCUT2D eigenvalue weighted by Gasteiger charge is 2.12. The van der Waals surface area contributed by atoms with Gasteiger partial charge in [-0.05, 0) is 35.1 Å². The molecule has 0 aliphatic rings. The molecule has 0 heterocycles. The second kappa shape index (κ2) is 7.35. The van der Waals surface area contributed by atoms with Crippen molar-refractivity contribution < 1.29 is 4.74 Å². The maximum Gasteiger partial charge on any atom is 0.121 e. The molecule has 2 aromatic carbocycles. The van der Waals surface area contributed by atoms with Crippen molar-refractivity contribution in [1.82, 2.24) is 0 Å². The van der Waals surface area contributed by atoms with Crippen molar-refractivity contribution >= 4 is 5.69 Å². The van der Waals surface area contributed by atoms with Gasteiger partial charge in [-0.15, -0.1) is 0 Å². The van der Waals surface area contributed by atoms with Crippen molar-refractivity contribution in [2.75, 3.05) is 11.9 Å². The Labute approximate surface area is 134 Å². The van der Waals surface area contributed by atoms with Crippen LogP contribution < -0.4 is 10.1 Å². The molecular weight excluding hydrogens is 270 g/mol. The van der Waals surface area contributed by atoms with E-state index in [0.29, 0.717) is 0 Å². The fourth-order valence-electron chi connectivity index (χ4n) is 2.24. The average Bonchev–Trinajstić information content (AvgIpc) is 2.51. The van der Waals surface area contributed by atoms with Crippen LogP contribution in [0.5, 0.6) is 5.75 Å². The lowest BCUT2D eigenvalue weighted by Crippen LogP contribution is -2.11. The molecule has 0 saturated heterocycles. The minimum atomic E-state index is 0.205. The summed E-state index contributed by atoms with van der Waals surface area (Å²) in [6.07, 6.45) is 1.03. The standard InChI is InChI=1S/C20H27NO/c1-5-13-22-19-8-6-7-18(14-19)21-15-16-9-11-17(12-10-16)20(2,3)4/h6-12,14,21H,5,13,15H2,1-4H3. The first-order valence-electron chi connectivity index (χ1n) is 8.05. The lowest BCUT2D eigenvalue weighted by Gasteiger charge is -2.19. The molecule has 0 bridgehead atoms. The molecule has 2 nitrogen and oxygen atoms in total. The van der Waals surface area contributed by atoms with Crippen molar-refractivity contribution in [3.63, 3.8) is 0 Å². The molecule has 0 saturated carbocycles. The molecule has 0 radical (unpaired) electrons. The number of anilines is 1. The largest absolute Gasteiger partial charge is 0.494 e. The lowest BCUT2D eigenvalue weighted by atomic mass is 9.87. The molecule has 0 fully saturated rings. The van der Waals surface area contributed by atoms with Gasteiger partial charge in [0.1, 0.15) is 5.75 Å². The third-order valence-corrected chi connectivity index (χ3v) is 3.62. The van der Waals surface area contributed by atoms with Gasteiger partial charge in [-0.3, -0.25) is 0 Å². The van der Waals surface area contributed by atoms with E-state index in [-0.39, 0.29) is 5.41 Å². The summed E-state index contributed by atoms with van der Waals surface area (Å²) in [5.41, 5.74) is 3.95. The maximum atomic E-state index is 5.66. The number of nitrogens with one attached hydrogen (secondary N) is 1. The topological polar surface area (TPSA) is 21.3 Å². The molecule has 1 N–H and O–H groups in total. The monoisotopic (exact) mass is 297 g/mol. The molecule has 0 aromatic heterocycles. The Morgan fingerprint density at radius 1 is 1.00 bits per heavy atom. The Kier molecular flexibility index (Phi) is 5.48. The summed E-state index contributed by atoms with van der Waals surface area (Å²) in [6.45, 7) is 10.4. The van der Waals surface area contributed by atoms with Gasteiger partial charge >= 0.3 is 0 Å². The van der Waals surface area contributed by atoms with Gasteiger partial charge < -0.3 is 10.1 Å². The van der Waals surface area contributed by atoms with Crippen LogP contribution in [0.1, 0.15) is 45.2 Å². The summed E-state index contributed by atoms with van der Waals surface area (Å²) >= 11 is 0. The highest BCUT2D eigenvalue weighted by Crippen LogP contribution is 2.23. The normalized spacial score (nSPS) is 11.3. The minimum absolute atomic E-state index is 0.205. The van der Waals surface area contributed by atoms with E-state index in [4.69, 9.17) is 4.74 Å². The molecule has 0 unspecified atom stereocenters. The zero-order valence-electron chi connectivity index (χ0n) is 14.1. The van der Waals surface area contributed by atoms with E-state index in [1.807, 2.05) is 12.1 Å². The summed E-state index contributed by atoms with van der Waals surface area (Å²) in [4.78, 5) is 0. The Balaban J connectivity index is 1.95. The smallest absolute Gasteiger partial charge is 0.121 e. The number of rotatable bonds is 6. The van der Waals surface area contributed by atoms with Gasteiger partial charge in [0.15, 0.2) is 0 Å². The average molecular weight is 297 g/mol. The first-order valence-corrected chi connectivity index (χ1v) is 8.05. The maximum absolute atomic E-state index is 5.66. The van der Waals surface area contributed by atoms with Gasteiger partial charge in [-0.2, -0.15) is 0 Å². The molecule has 0 aliphatic carbocycles. The Morgan fingerprint density at radius 2 is 1.73 bits per heavy atom. The first kappa shape index (κ1) is 16.4. The summed E-state index contributed by atoms with van der Waals surface area (Å²) in [6, 6.07) is 17.0. The predicted molar refractivity (Wildman–Crippen MR) is 94.7 cm³/mol. The molecular formula is C20H27NO. The summed E-state index contributed by atoms with van der Waals surface area (Å²) in [5, 5.41) is 3.46. The fourth-order valence-corrected chi connectivity index (χ4v) is 2.24. The zero-order chi connectivity index (χ0) is 16.0. The van der Waals surface area contributed by atoms with Crippen molar-refractivity contribution in [3.05, 3.63) is 59.7 Å².